The van der Waals surface area contributed by atoms with Gasteiger partial charge in [-0.25, -0.2) is 4.98 Å². The van der Waals surface area contributed by atoms with Gasteiger partial charge in [0.2, 0.25) is 0 Å². The lowest BCUT2D eigenvalue weighted by atomic mass is 10.2. The van der Waals surface area contributed by atoms with Crippen LogP contribution in [0.3, 0.4) is 0 Å². The summed E-state index contributed by atoms with van der Waals surface area (Å²) in [6.45, 7) is 0.778. The summed E-state index contributed by atoms with van der Waals surface area (Å²) in [6.07, 6.45) is 0. The molecule has 2 aromatic rings. The van der Waals surface area contributed by atoms with E-state index in [-0.39, 0.29) is 0 Å². The first kappa shape index (κ1) is 9.86. The minimum absolute atomic E-state index is 0.757. The lowest BCUT2D eigenvalue weighted by molar-refractivity contribution is 0.391. The number of hydrogen-bond donors (Lipinski definition) is 1. The first-order chi connectivity index (χ1) is 7.25. The number of hydrogen-bond acceptors (Lipinski definition) is 3. The summed E-state index contributed by atoms with van der Waals surface area (Å²) in [5, 5.41) is 7.11. The zero-order valence-corrected chi connectivity index (χ0v) is 8.94. The van der Waals surface area contributed by atoms with Crippen LogP contribution in [0.4, 0.5) is 0 Å². The molecule has 0 saturated carbocycles. The predicted octanol–water partition coefficient (Wildman–Crippen LogP) is 1.53. The number of aromatic amines is 1. The molecule has 0 saturated heterocycles. The van der Waals surface area contributed by atoms with Crippen molar-refractivity contribution in [2.24, 2.45) is 0 Å². The third kappa shape index (κ3) is 2.41. The van der Waals surface area contributed by atoms with Crippen LogP contribution in [0.1, 0.15) is 5.82 Å². The number of benzene rings is 1. The Labute approximate surface area is 89.0 Å². The predicted molar refractivity (Wildman–Crippen MR) is 59.2 cm³/mol. The molecule has 0 spiro atoms. The molecule has 0 aliphatic heterocycles. The SMILES string of the molecule is CN(C)Cc1nc(-c2ccccc2)n[nH]1. The molecule has 4 heteroatoms. The smallest absolute Gasteiger partial charge is 0.181 e. The summed E-state index contributed by atoms with van der Waals surface area (Å²) in [4.78, 5) is 6.46. The van der Waals surface area contributed by atoms with Crippen LogP contribution in [-0.4, -0.2) is 34.2 Å². The molecular weight excluding hydrogens is 188 g/mol. The molecule has 1 heterocycles. The van der Waals surface area contributed by atoms with Gasteiger partial charge in [-0.3, -0.25) is 5.10 Å². The van der Waals surface area contributed by atoms with Crippen LogP contribution >= 0.6 is 0 Å². The van der Waals surface area contributed by atoms with Gasteiger partial charge in [0.05, 0.1) is 6.54 Å². The standard InChI is InChI=1S/C11H14N4/c1-15(2)8-10-12-11(14-13-10)9-6-4-3-5-7-9/h3-7H,8H2,1-2H3,(H,12,13,14). The molecule has 0 bridgehead atoms. The molecule has 4 nitrogen and oxygen atoms in total. The second-order valence-corrected chi connectivity index (χ2v) is 3.71. The van der Waals surface area contributed by atoms with Crippen molar-refractivity contribution in [3.05, 3.63) is 36.2 Å². The summed E-state index contributed by atoms with van der Waals surface area (Å²) in [7, 11) is 4.01. The molecule has 0 atom stereocenters. The van der Waals surface area contributed by atoms with E-state index >= 15 is 0 Å². The fourth-order valence-electron chi connectivity index (χ4n) is 1.38. The van der Waals surface area contributed by atoms with Crippen molar-refractivity contribution < 1.29 is 0 Å². The maximum atomic E-state index is 4.41. The highest BCUT2D eigenvalue weighted by atomic mass is 15.2. The van der Waals surface area contributed by atoms with Gasteiger partial charge in [-0.05, 0) is 14.1 Å². The van der Waals surface area contributed by atoms with Crippen molar-refractivity contribution in [3.8, 4) is 11.4 Å². The van der Waals surface area contributed by atoms with Gasteiger partial charge >= 0.3 is 0 Å². The summed E-state index contributed by atoms with van der Waals surface area (Å²) in [5.74, 6) is 1.64. The minimum Gasteiger partial charge on any atom is -0.302 e. The van der Waals surface area contributed by atoms with Crippen LogP contribution < -0.4 is 0 Å². The largest absolute Gasteiger partial charge is 0.302 e. The fourth-order valence-corrected chi connectivity index (χ4v) is 1.38. The number of H-pyrrole nitrogens is 1. The Morgan fingerprint density at radius 1 is 1.20 bits per heavy atom. The van der Waals surface area contributed by atoms with Gasteiger partial charge in [-0.2, -0.15) is 5.10 Å². The van der Waals surface area contributed by atoms with Crippen molar-refractivity contribution in [1.82, 2.24) is 20.1 Å². The normalized spacial score (nSPS) is 10.9. The molecule has 1 N–H and O–H groups in total. The van der Waals surface area contributed by atoms with E-state index in [9.17, 15) is 0 Å². The average Bonchev–Trinajstić information content (AvgIpc) is 2.67. The van der Waals surface area contributed by atoms with Crippen LogP contribution in [0.5, 0.6) is 0 Å². The molecule has 2 rings (SSSR count). The van der Waals surface area contributed by atoms with Crippen LogP contribution in [0.25, 0.3) is 11.4 Å². The van der Waals surface area contributed by atoms with Crippen LogP contribution in [0, 0.1) is 0 Å². The average molecular weight is 202 g/mol. The highest BCUT2D eigenvalue weighted by molar-refractivity contribution is 5.53. The summed E-state index contributed by atoms with van der Waals surface area (Å²) >= 11 is 0. The van der Waals surface area contributed by atoms with E-state index in [1.54, 1.807) is 0 Å². The Balaban J connectivity index is 2.21. The van der Waals surface area contributed by atoms with E-state index in [4.69, 9.17) is 0 Å². The van der Waals surface area contributed by atoms with Crippen LogP contribution in [0.2, 0.25) is 0 Å². The van der Waals surface area contributed by atoms with Gasteiger partial charge in [0.25, 0.3) is 0 Å². The Kier molecular flexibility index (Phi) is 2.78. The Bertz CT molecular complexity index is 419. The highest BCUT2D eigenvalue weighted by Crippen LogP contribution is 2.13. The zero-order chi connectivity index (χ0) is 10.7. The third-order valence-electron chi connectivity index (χ3n) is 2.03. The number of nitrogens with one attached hydrogen (secondary N) is 1. The van der Waals surface area contributed by atoms with Crippen molar-refractivity contribution in [2.45, 2.75) is 6.54 Å². The van der Waals surface area contributed by atoms with Crippen molar-refractivity contribution >= 4 is 0 Å². The van der Waals surface area contributed by atoms with E-state index < -0.39 is 0 Å². The van der Waals surface area contributed by atoms with Gasteiger partial charge in [-0.15, -0.1) is 0 Å². The highest BCUT2D eigenvalue weighted by Gasteiger charge is 2.05. The minimum atomic E-state index is 0.757. The van der Waals surface area contributed by atoms with Gasteiger partial charge in [0.15, 0.2) is 5.82 Å². The fraction of sp³-hybridized carbons (Fsp3) is 0.273. The van der Waals surface area contributed by atoms with Crippen molar-refractivity contribution in [2.75, 3.05) is 14.1 Å². The second kappa shape index (κ2) is 4.23. The maximum Gasteiger partial charge on any atom is 0.181 e. The van der Waals surface area contributed by atoms with Gasteiger partial charge < -0.3 is 4.90 Å². The van der Waals surface area contributed by atoms with Crippen molar-refractivity contribution in [1.29, 1.82) is 0 Å². The molecule has 1 aromatic carbocycles. The zero-order valence-electron chi connectivity index (χ0n) is 8.94. The molecule has 0 radical (unpaired) electrons. The molecule has 0 aliphatic rings. The van der Waals surface area contributed by atoms with Gasteiger partial charge in [0, 0.05) is 5.56 Å². The molecular formula is C11H14N4. The molecule has 0 amide bonds. The van der Waals surface area contributed by atoms with Crippen LogP contribution in [-0.2, 0) is 6.54 Å². The van der Waals surface area contributed by atoms with E-state index in [0.29, 0.717) is 0 Å². The monoisotopic (exact) mass is 202 g/mol. The Morgan fingerprint density at radius 2 is 1.93 bits per heavy atom. The molecule has 15 heavy (non-hydrogen) atoms. The quantitative estimate of drug-likeness (QED) is 0.821. The number of nitrogens with zero attached hydrogens (tertiary/aromatic N) is 3. The van der Waals surface area contributed by atoms with E-state index in [0.717, 1.165) is 23.8 Å². The summed E-state index contributed by atoms with van der Waals surface area (Å²) in [5.41, 5.74) is 1.04. The molecule has 0 unspecified atom stereocenters. The molecule has 78 valence electrons. The number of aromatic nitrogens is 3. The second-order valence-electron chi connectivity index (χ2n) is 3.71. The maximum absolute atomic E-state index is 4.41. The van der Waals surface area contributed by atoms with E-state index in [1.807, 2.05) is 44.4 Å². The number of rotatable bonds is 3. The Morgan fingerprint density at radius 3 is 2.60 bits per heavy atom. The van der Waals surface area contributed by atoms with Gasteiger partial charge in [0.1, 0.15) is 5.82 Å². The molecule has 1 aromatic heterocycles. The van der Waals surface area contributed by atoms with E-state index in [1.165, 1.54) is 0 Å². The van der Waals surface area contributed by atoms with Crippen LogP contribution in [0.15, 0.2) is 30.3 Å². The lowest BCUT2D eigenvalue weighted by Crippen LogP contribution is -2.11. The summed E-state index contributed by atoms with van der Waals surface area (Å²) in [6, 6.07) is 9.96. The first-order valence-corrected chi connectivity index (χ1v) is 4.87. The lowest BCUT2D eigenvalue weighted by Gasteiger charge is -2.04. The first-order valence-electron chi connectivity index (χ1n) is 4.87. The third-order valence-corrected chi connectivity index (χ3v) is 2.03. The van der Waals surface area contributed by atoms with Crippen molar-refractivity contribution in [3.63, 3.8) is 0 Å². The van der Waals surface area contributed by atoms with Gasteiger partial charge in [-0.1, -0.05) is 30.3 Å². The molecule has 0 aliphatic carbocycles. The summed E-state index contributed by atoms with van der Waals surface area (Å²) < 4.78 is 0. The molecule has 0 fully saturated rings. The van der Waals surface area contributed by atoms with E-state index in [2.05, 4.69) is 20.1 Å². The Hall–Kier alpha value is -1.68. The topological polar surface area (TPSA) is 44.8 Å².